The molecule has 0 fully saturated rings. The highest BCUT2D eigenvalue weighted by Crippen LogP contribution is 2.06. The topological polar surface area (TPSA) is 49.2 Å². The van der Waals surface area contributed by atoms with Crippen molar-refractivity contribution in [3.8, 4) is 0 Å². The van der Waals surface area contributed by atoms with Gasteiger partial charge in [0.1, 0.15) is 0 Å². The normalized spacial score (nSPS) is 10.3. The van der Waals surface area contributed by atoms with Gasteiger partial charge in [0.05, 0.1) is 6.61 Å². The molecule has 0 aliphatic rings. The molecule has 4 nitrogen and oxygen atoms in total. The fourth-order valence-corrected chi connectivity index (χ4v) is 1.33. The third-order valence-corrected chi connectivity index (χ3v) is 2.31. The van der Waals surface area contributed by atoms with Gasteiger partial charge < -0.3 is 10.0 Å². The molecule has 0 aliphatic heterocycles. The number of aromatic nitrogens is 2. The molecule has 1 aromatic heterocycles. The van der Waals surface area contributed by atoms with Crippen molar-refractivity contribution in [2.75, 3.05) is 18.5 Å². The SMILES string of the molecule is CCCCCN(C)c1ncc(CO)cn1. The van der Waals surface area contributed by atoms with E-state index >= 15 is 0 Å². The Hall–Kier alpha value is -1.16. The van der Waals surface area contributed by atoms with Crippen molar-refractivity contribution in [1.82, 2.24) is 9.97 Å². The maximum absolute atomic E-state index is 8.85. The second kappa shape index (κ2) is 6.35. The van der Waals surface area contributed by atoms with Gasteiger partial charge in [-0.15, -0.1) is 0 Å². The minimum Gasteiger partial charge on any atom is -0.392 e. The average molecular weight is 209 g/mol. The molecule has 0 unspecified atom stereocenters. The van der Waals surface area contributed by atoms with Crippen molar-refractivity contribution in [2.24, 2.45) is 0 Å². The molecular weight excluding hydrogens is 190 g/mol. The lowest BCUT2D eigenvalue weighted by atomic mass is 10.2. The van der Waals surface area contributed by atoms with E-state index in [9.17, 15) is 0 Å². The first-order chi connectivity index (χ1) is 7.27. The van der Waals surface area contributed by atoms with Gasteiger partial charge in [0.2, 0.25) is 5.95 Å². The standard InChI is InChI=1S/C11H19N3O/c1-3-4-5-6-14(2)11-12-7-10(9-15)8-13-11/h7-8,15H,3-6,9H2,1-2H3. The first kappa shape index (κ1) is 11.9. The lowest BCUT2D eigenvalue weighted by molar-refractivity contribution is 0.281. The summed E-state index contributed by atoms with van der Waals surface area (Å²) >= 11 is 0. The van der Waals surface area contributed by atoms with Crippen LogP contribution in [0.2, 0.25) is 0 Å². The van der Waals surface area contributed by atoms with Crippen LogP contribution in [-0.2, 0) is 6.61 Å². The van der Waals surface area contributed by atoms with Crippen molar-refractivity contribution < 1.29 is 5.11 Å². The van der Waals surface area contributed by atoms with Crippen LogP contribution in [0.3, 0.4) is 0 Å². The van der Waals surface area contributed by atoms with Crippen LogP contribution in [0.15, 0.2) is 12.4 Å². The Kier molecular flexibility index (Phi) is 5.04. The Morgan fingerprint density at radius 3 is 2.47 bits per heavy atom. The zero-order valence-electron chi connectivity index (χ0n) is 9.48. The lowest BCUT2D eigenvalue weighted by Crippen LogP contribution is -2.20. The smallest absolute Gasteiger partial charge is 0.224 e. The van der Waals surface area contributed by atoms with E-state index in [0.29, 0.717) is 0 Å². The summed E-state index contributed by atoms with van der Waals surface area (Å²) in [5.74, 6) is 0.725. The maximum Gasteiger partial charge on any atom is 0.224 e. The summed E-state index contributed by atoms with van der Waals surface area (Å²) < 4.78 is 0. The average Bonchev–Trinajstić information content (AvgIpc) is 2.29. The molecule has 0 aromatic carbocycles. The minimum atomic E-state index is -0.000170. The molecule has 1 aromatic rings. The van der Waals surface area contributed by atoms with E-state index in [4.69, 9.17) is 5.11 Å². The van der Waals surface area contributed by atoms with Crippen LogP contribution in [0.1, 0.15) is 31.7 Å². The van der Waals surface area contributed by atoms with Crippen molar-refractivity contribution in [3.63, 3.8) is 0 Å². The number of aliphatic hydroxyl groups is 1. The summed E-state index contributed by atoms with van der Waals surface area (Å²) in [7, 11) is 1.99. The molecule has 0 aliphatic carbocycles. The van der Waals surface area contributed by atoms with Crippen LogP contribution in [-0.4, -0.2) is 28.7 Å². The van der Waals surface area contributed by atoms with Crippen LogP contribution in [0.25, 0.3) is 0 Å². The molecule has 0 atom stereocenters. The van der Waals surface area contributed by atoms with Gasteiger partial charge in [-0.05, 0) is 6.42 Å². The molecule has 1 N–H and O–H groups in total. The van der Waals surface area contributed by atoms with Gasteiger partial charge in [-0.3, -0.25) is 0 Å². The van der Waals surface area contributed by atoms with E-state index in [0.717, 1.165) is 24.5 Å². The molecule has 15 heavy (non-hydrogen) atoms. The zero-order chi connectivity index (χ0) is 11.1. The van der Waals surface area contributed by atoms with E-state index in [2.05, 4.69) is 16.9 Å². The van der Waals surface area contributed by atoms with E-state index in [1.165, 1.54) is 12.8 Å². The molecule has 1 heterocycles. The molecule has 0 saturated heterocycles. The Balaban J connectivity index is 2.46. The minimum absolute atomic E-state index is 0.000170. The Bertz CT molecular complexity index is 274. The third kappa shape index (κ3) is 3.83. The van der Waals surface area contributed by atoms with E-state index in [-0.39, 0.29) is 6.61 Å². The van der Waals surface area contributed by atoms with E-state index < -0.39 is 0 Å². The van der Waals surface area contributed by atoms with Crippen molar-refractivity contribution >= 4 is 5.95 Å². The Labute approximate surface area is 91.0 Å². The number of unbranched alkanes of at least 4 members (excludes halogenated alkanes) is 2. The van der Waals surface area contributed by atoms with Crippen LogP contribution in [0, 0.1) is 0 Å². The number of aliphatic hydroxyl groups excluding tert-OH is 1. The molecule has 0 saturated carbocycles. The van der Waals surface area contributed by atoms with Gasteiger partial charge in [-0.25, -0.2) is 9.97 Å². The molecule has 0 spiro atoms. The molecule has 4 heteroatoms. The van der Waals surface area contributed by atoms with Crippen molar-refractivity contribution in [3.05, 3.63) is 18.0 Å². The highest BCUT2D eigenvalue weighted by atomic mass is 16.3. The molecule has 1 rings (SSSR count). The van der Waals surface area contributed by atoms with Crippen LogP contribution >= 0.6 is 0 Å². The van der Waals surface area contributed by atoms with E-state index in [1.54, 1.807) is 12.4 Å². The van der Waals surface area contributed by atoms with Gasteiger partial charge in [0.25, 0.3) is 0 Å². The summed E-state index contributed by atoms with van der Waals surface area (Å²) in [6, 6.07) is 0. The van der Waals surface area contributed by atoms with Crippen molar-refractivity contribution in [2.45, 2.75) is 32.8 Å². The molecule has 0 radical (unpaired) electrons. The first-order valence-electron chi connectivity index (χ1n) is 5.40. The quantitative estimate of drug-likeness (QED) is 0.723. The second-order valence-corrected chi connectivity index (χ2v) is 3.68. The molecule has 0 bridgehead atoms. The van der Waals surface area contributed by atoms with Gasteiger partial charge in [-0.1, -0.05) is 19.8 Å². The fourth-order valence-electron chi connectivity index (χ4n) is 1.33. The molecular formula is C11H19N3O. The van der Waals surface area contributed by atoms with Crippen molar-refractivity contribution in [1.29, 1.82) is 0 Å². The Morgan fingerprint density at radius 1 is 1.27 bits per heavy atom. The van der Waals surface area contributed by atoms with Crippen LogP contribution < -0.4 is 4.90 Å². The Morgan fingerprint density at radius 2 is 1.93 bits per heavy atom. The highest BCUT2D eigenvalue weighted by molar-refractivity contribution is 5.27. The maximum atomic E-state index is 8.85. The summed E-state index contributed by atoms with van der Waals surface area (Å²) in [6.07, 6.45) is 6.95. The lowest BCUT2D eigenvalue weighted by Gasteiger charge is -2.16. The second-order valence-electron chi connectivity index (χ2n) is 3.68. The highest BCUT2D eigenvalue weighted by Gasteiger charge is 2.02. The van der Waals surface area contributed by atoms with Gasteiger partial charge in [-0.2, -0.15) is 0 Å². The van der Waals surface area contributed by atoms with Gasteiger partial charge >= 0.3 is 0 Å². The largest absolute Gasteiger partial charge is 0.392 e. The summed E-state index contributed by atoms with van der Waals surface area (Å²) in [6.45, 7) is 3.17. The van der Waals surface area contributed by atoms with Gasteiger partial charge in [0.15, 0.2) is 0 Å². The fraction of sp³-hybridized carbons (Fsp3) is 0.636. The van der Waals surface area contributed by atoms with E-state index in [1.807, 2.05) is 11.9 Å². The number of hydrogen-bond donors (Lipinski definition) is 1. The van der Waals surface area contributed by atoms with Gasteiger partial charge in [0, 0.05) is 31.5 Å². The van der Waals surface area contributed by atoms with Crippen LogP contribution in [0.4, 0.5) is 5.95 Å². The summed E-state index contributed by atoms with van der Waals surface area (Å²) in [5, 5.41) is 8.85. The molecule has 84 valence electrons. The number of rotatable bonds is 6. The zero-order valence-corrected chi connectivity index (χ0v) is 9.48. The first-order valence-corrected chi connectivity index (χ1v) is 5.40. The predicted octanol–water partition coefficient (Wildman–Crippen LogP) is 1.60. The van der Waals surface area contributed by atoms with Crippen LogP contribution in [0.5, 0.6) is 0 Å². The summed E-state index contributed by atoms with van der Waals surface area (Å²) in [5.41, 5.74) is 0.751. The third-order valence-electron chi connectivity index (χ3n) is 2.31. The number of hydrogen-bond acceptors (Lipinski definition) is 4. The predicted molar refractivity (Wildman–Crippen MR) is 60.7 cm³/mol. The molecule has 0 amide bonds. The monoisotopic (exact) mass is 209 g/mol. The summed E-state index contributed by atoms with van der Waals surface area (Å²) in [4.78, 5) is 10.4. The number of nitrogens with zero attached hydrogens (tertiary/aromatic N) is 3. The number of anilines is 1.